The van der Waals surface area contributed by atoms with Crippen molar-refractivity contribution in [1.29, 1.82) is 0 Å². The molecule has 2 atom stereocenters. The second kappa shape index (κ2) is 9.13. The molecule has 0 spiro atoms. The number of carbonyl (C=O) groups is 1. The molecule has 2 heterocycles. The number of methoxy groups -OCH3 is 1. The Morgan fingerprint density at radius 3 is 2.67 bits per heavy atom. The highest BCUT2D eigenvalue weighted by atomic mass is 35.5. The van der Waals surface area contributed by atoms with Gasteiger partial charge in [-0.3, -0.25) is 4.79 Å². The van der Waals surface area contributed by atoms with Gasteiger partial charge in [-0.2, -0.15) is 10.2 Å². The molecular weight excluding hydrogens is 406 g/mol. The van der Waals surface area contributed by atoms with Crippen molar-refractivity contribution in [3.63, 3.8) is 0 Å². The molecule has 1 fully saturated rings. The van der Waals surface area contributed by atoms with Crippen LogP contribution in [0, 0.1) is 5.92 Å². The SMILES string of the molecule is COc1ccc(-n2nccn2)c(C(=O)N[C@H]2CCC[C@@H]2COc2ccc(Cl)cc2)n1. The number of pyridine rings is 1. The number of amides is 1. The van der Waals surface area contributed by atoms with Crippen molar-refractivity contribution in [3.05, 3.63) is 59.5 Å². The van der Waals surface area contributed by atoms with Crippen LogP contribution < -0.4 is 14.8 Å². The van der Waals surface area contributed by atoms with Crippen molar-refractivity contribution in [2.45, 2.75) is 25.3 Å². The van der Waals surface area contributed by atoms with E-state index in [1.807, 2.05) is 12.1 Å². The molecule has 1 aliphatic rings. The number of hydrogen-bond acceptors (Lipinski definition) is 6. The molecule has 30 heavy (non-hydrogen) atoms. The van der Waals surface area contributed by atoms with Crippen LogP contribution in [0.2, 0.25) is 5.02 Å². The summed E-state index contributed by atoms with van der Waals surface area (Å²) in [4.78, 5) is 18.8. The Kier molecular flexibility index (Phi) is 6.13. The van der Waals surface area contributed by atoms with Crippen molar-refractivity contribution >= 4 is 17.5 Å². The molecule has 0 radical (unpaired) electrons. The van der Waals surface area contributed by atoms with Gasteiger partial charge in [-0.15, -0.1) is 4.80 Å². The summed E-state index contributed by atoms with van der Waals surface area (Å²) in [6, 6.07) is 10.7. The van der Waals surface area contributed by atoms with Crippen LogP contribution >= 0.6 is 11.6 Å². The van der Waals surface area contributed by atoms with Crippen LogP contribution in [0.3, 0.4) is 0 Å². The number of ether oxygens (including phenoxy) is 2. The van der Waals surface area contributed by atoms with Crippen molar-refractivity contribution in [3.8, 4) is 17.3 Å². The fraction of sp³-hybridized carbons (Fsp3) is 0.333. The van der Waals surface area contributed by atoms with Gasteiger partial charge in [0.2, 0.25) is 5.88 Å². The number of benzene rings is 1. The van der Waals surface area contributed by atoms with Crippen molar-refractivity contribution in [2.75, 3.05) is 13.7 Å². The maximum absolute atomic E-state index is 13.1. The molecule has 9 heteroatoms. The van der Waals surface area contributed by atoms with E-state index in [1.54, 1.807) is 36.7 Å². The summed E-state index contributed by atoms with van der Waals surface area (Å²) >= 11 is 5.92. The first-order chi connectivity index (χ1) is 14.6. The molecular formula is C21H22ClN5O3. The minimum atomic E-state index is -0.287. The highest BCUT2D eigenvalue weighted by Crippen LogP contribution is 2.28. The summed E-state index contributed by atoms with van der Waals surface area (Å²) < 4.78 is 11.1. The number of halogens is 1. The van der Waals surface area contributed by atoms with Crippen LogP contribution in [0.25, 0.3) is 5.69 Å². The molecule has 1 amide bonds. The number of nitrogens with one attached hydrogen (secondary N) is 1. The quantitative estimate of drug-likeness (QED) is 0.622. The third kappa shape index (κ3) is 4.54. The van der Waals surface area contributed by atoms with Gasteiger partial charge in [0.1, 0.15) is 11.4 Å². The smallest absolute Gasteiger partial charge is 0.272 e. The third-order valence-electron chi connectivity index (χ3n) is 5.16. The van der Waals surface area contributed by atoms with Crippen LogP contribution in [-0.2, 0) is 0 Å². The average molecular weight is 428 g/mol. The standard InChI is InChI=1S/C21H22ClN5O3/c1-29-19-10-9-18(27-23-11-12-24-27)20(26-19)21(28)25-17-4-2-3-14(17)13-30-16-7-5-15(22)6-8-16/h5-12,14,17H,2-4,13H2,1H3,(H,25,28)/t14-,17+/m1/s1. The molecule has 0 bridgehead atoms. The van der Waals surface area contributed by atoms with Gasteiger partial charge in [-0.05, 0) is 43.2 Å². The highest BCUT2D eigenvalue weighted by Gasteiger charge is 2.30. The number of carbonyl (C=O) groups excluding carboxylic acids is 1. The first kappa shape index (κ1) is 20.2. The van der Waals surface area contributed by atoms with E-state index in [0.29, 0.717) is 23.2 Å². The van der Waals surface area contributed by atoms with Crippen molar-refractivity contribution in [1.82, 2.24) is 25.3 Å². The zero-order chi connectivity index (χ0) is 20.9. The number of hydrogen-bond donors (Lipinski definition) is 1. The molecule has 1 N–H and O–H groups in total. The first-order valence-corrected chi connectivity index (χ1v) is 10.1. The lowest BCUT2D eigenvalue weighted by Crippen LogP contribution is -2.40. The number of rotatable bonds is 7. The fourth-order valence-corrected chi connectivity index (χ4v) is 3.74. The van der Waals surface area contributed by atoms with Gasteiger partial charge in [0.05, 0.1) is 26.1 Å². The molecule has 1 saturated carbocycles. The Morgan fingerprint density at radius 2 is 1.93 bits per heavy atom. The highest BCUT2D eigenvalue weighted by molar-refractivity contribution is 6.30. The predicted molar refractivity (Wildman–Crippen MR) is 111 cm³/mol. The number of aromatic nitrogens is 4. The normalized spacial score (nSPS) is 18.2. The van der Waals surface area contributed by atoms with Gasteiger partial charge in [-0.25, -0.2) is 4.98 Å². The average Bonchev–Trinajstić information content (AvgIpc) is 3.45. The number of nitrogens with zero attached hydrogens (tertiary/aromatic N) is 4. The second-order valence-electron chi connectivity index (χ2n) is 7.08. The monoisotopic (exact) mass is 427 g/mol. The van der Waals surface area contributed by atoms with Gasteiger partial charge in [0.15, 0.2) is 5.69 Å². The van der Waals surface area contributed by atoms with Gasteiger partial charge in [-0.1, -0.05) is 18.0 Å². The first-order valence-electron chi connectivity index (χ1n) is 9.75. The topological polar surface area (TPSA) is 91.2 Å². The molecule has 156 valence electrons. The van der Waals surface area contributed by atoms with E-state index in [2.05, 4.69) is 20.5 Å². The van der Waals surface area contributed by atoms with E-state index < -0.39 is 0 Å². The van der Waals surface area contributed by atoms with Crippen LogP contribution in [-0.4, -0.2) is 45.6 Å². The lowest BCUT2D eigenvalue weighted by atomic mass is 10.0. The predicted octanol–water partition coefficient (Wildman–Crippen LogP) is 3.30. The van der Waals surface area contributed by atoms with Crippen LogP contribution in [0.15, 0.2) is 48.8 Å². The summed E-state index contributed by atoms with van der Waals surface area (Å²) in [5.74, 6) is 1.04. The van der Waals surface area contributed by atoms with E-state index >= 15 is 0 Å². The summed E-state index contributed by atoms with van der Waals surface area (Å²) in [5, 5.41) is 12.0. The lowest BCUT2D eigenvalue weighted by Gasteiger charge is -2.22. The molecule has 2 aromatic heterocycles. The van der Waals surface area contributed by atoms with Gasteiger partial charge < -0.3 is 14.8 Å². The molecule has 0 unspecified atom stereocenters. The van der Waals surface area contributed by atoms with Gasteiger partial charge in [0, 0.05) is 23.0 Å². The Bertz CT molecular complexity index is 994. The maximum atomic E-state index is 13.1. The minimum Gasteiger partial charge on any atom is -0.493 e. The molecule has 3 aromatic rings. The van der Waals surface area contributed by atoms with E-state index in [4.69, 9.17) is 21.1 Å². The maximum Gasteiger partial charge on any atom is 0.272 e. The van der Waals surface area contributed by atoms with Crippen molar-refractivity contribution < 1.29 is 14.3 Å². The zero-order valence-corrected chi connectivity index (χ0v) is 17.2. The van der Waals surface area contributed by atoms with E-state index in [9.17, 15) is 4.79 Å². The van der Waals surface area contributed by atoms with Gasteiger partial charge >= 0.3 is 0 Å². The molecule has 8 nitrogen and oxygen atoms in total. The largest absolute Gasteiger partial charge is 0.493 e. The van der Waals surface area contributed by atoms with Crippen molar-refractivity contribution in [2.24, 2.45) is 5.92 Å². The van der Waals surface area contributed by atoms with E-state index in [0.717, 1.165) is 25.0 Å². The van der Waals surface area contributed by atoms with Gasteiger partial charge in [0.25, 0.3) is 5.91 Å². The molecule has 1 aromatic carbocycles. The second-order valence-corrected chi connectivity index (χ2v) is 7.51. The Balaban J connectivity index is 1.46. The Morgan fingerprint density at radius 1 is 1.17 bits per heavy atom. The summed E-state index contributed by atoms with van der Waals surface area (Å²) in [7, 11) is 1.51. The summed E-state index contributed by atoms with van der Waals surface area (Å²) in [6.45, 7) is 0.520. The zero-order valence-electron chi connectivity index (χ0n) is 16.5. The molecule has 0 aliphatic heterocycles. The minimum absolute atomic E-state index is 0.00349. The molecule has 1 aliphatic carbocycles. The fourth-order valence-electron chi connectivity index (χ4n) is 3.61. The molecule has 4 rings (SSSR count). The van der Waals surface area contributed by atoms with E-state index in [-0.39, 0.29) is 23.6 Å². The van der Waals surface area contributed by atoms with Crippen LogP contribution in [0.5, 0.6) is 11.6 Å². The Hall–Kier alpha value is -3.13. The molecule has 0 saturated heterocycles. The van der Waals surface area contributed by atoms with Crippen LogP contribution in [0.4, 0.5) is 0 Å². The van der Waals surface area contributed by atoms with E-state index in [1.165, 1.54) is 11.9 Å². The third-order valence-corrected chi connectivity index (χ3v) is 5.41. The summed E-state index contributed by atoms with van der Waals surface area (Å²) in [6.07, 6.45) is 6.00. The Labute approximate surface area is 179 Å². The summed E-state index contributed by atoms with van der Waals surface area (Å²) in [5.41, 5.74) is 0.708. The lowest BCUT2D eigenvalue weighted by molar-refractivity contribution is 0.0912. The van der Waals surface area contributed by atoms with Crippen LogP contribution in [0.1, 0.15) is 29.8 Å².